The van der Waals surface area contributed by atoms with E-state index in [0.717, 1.165) is 40.3 Å². The summed E-state index contributed by atoms with van der Waals surface area (Å²) in [5, 5.41) is 4.17. The van der Waals surface area contributed by atoms with Crippen molar-refractivity contribution in [3.63, 3.8) is 0 Å². The van der Waals surface area contributed by atoms with Crippen molar-refractivity contribution >= 4 is 56.3 Å². The van der Waals surface area contributed by atoms with Gasteiger partial charge in [0.25, 0.3) is 15.9 Å². The zero-order chi connectivity index (χ0) is 20.3. The molecule has 0 saturated heterocycles. The van der Waals surface area contributed by atoms with Gasteiger partial charge < -0.3 is 4.84 Å². The molecule has 1 aromatic heterocycles. The molecule has 0 radical (unpaired) electrons. The van der Waals surface area contributed by atoms with Crippen molar-refractivity contribution in [3.05, 3.63) is 45.3 Å². The predicted molar refractivity (Wildman–Crippen MR) is 112 cm³/mol. The molecule has 150 valence electrons. The third-order valence-corrected chi connectivity index (χ3v) is 8.22. The number of thioether (sulfide) groups is 1. The number of carbonyl (C=O) groups is 1. The Labute approximate surface area is 176 Å². The second kappa shape index (κ2) is 8.83. The number of carbonyl (C=O) groups excluding carboxylic acids is 1. The van der Waals surface area contributed by atoms with Crippen LogP contribution in [0.2, 0.25) is 5.02 Å². The van der Waals surface area contributed by atoms with Crippen LogP contribution in [0, 0.1) is 0 Å². The van der Waals surface area contributed by atoms with E-state index in [9.17, 15) is 13.2 Å². The Bertz CT molecular complexity index is 1030. The van der Waals surface area contributed by atoms with Gasteiger partial charge in [0.05, 0.1) is 19.8 Å². The molecule has 0 fully saturated rings. The Morgan fingerprint density at radius 3 is 2.75 bits per heavy atom. The van der Waals surface area contributed by atoms with Gasteiger partial charge in [0.15, 0.2) is 0 Å². The van der Waals surface area contributed by atoms with Crippen LogP contribution in [0.4, 0.5) is 0 Å². The summed E-state index contributed by atoms with van der Waals surface area (Å²) in [4.78, 5) is 20.1. The SMILES string of the molecule is CON=C1CCCc2c(C(=O)NNS(=O)(=O)c3ccccc3Cl)sc(SC)c21. The molecule has 1 aliphatic rings. The fourth-order valence-corrected chi connectivity index (χ4v) is 6.33. The van der Waals surface area contributed by atoms with E-state index in [-0.39, 0.29) is 9.92 Å². The number of hydrogen-bond donors (Lipinski definition) is 2. The molecule has 1 heterocycles. The van der Waals surface area contributed by atoms with Crippen LogP contribution in [0.15, 0.2) is 38.5 Å². The highest BCUT2D eigenvalue weighted by molar-refractivity contribution is 8.00. The van der Waals surface area contributed by atoms with Crippen LogP contribution >= 0.6 is 34.7 Å². The van der Waals surface area contributed by atoms with E-state index in [4.69, 9.17) is 16.4 Å². The first kappa shape index (κ1) is 21.1. The lowest BCUT2D eigenvalue weighted by Gasteiger charge is -2.16. The topological polar surface area (TPSA) is 96.9 Å². The van der Waals surface area contributed by atoms with E-state index >= 15 is 0 Å². The van der Waals surface area contributed by atoms with Gasteiger partial charge in [-0.3, -0.25) is 10.2 Å². The molecular formula is C17H18ClN3O4S3. The highest BCUT2D eigenvalue weighted by Crippen LogP contribution is 2.39. The highest BCUT2D eigenvalue weighted by atomic mass is 35.5. The van der Waals surface area contributed by atoms with Gasteiger partial charge in [-0.25, -0.2) is 8.42 Å². The van der Waals surface area contributed by atoms with Gasteiger partial charge in [-0.2, -0.15) is 0 Å². The molecule has 2 aromatic rings. The fraction of sp³-hybridized carbons (Fsp3) is 0.294. The molecule has 1 aliphatic carbocycles. The van der Waals surface area contributed by atoms with Gasteiger partial charge in [0, 0.05) is 5.56 Å². The minimum atomic E-state index is -3.99. The number of oxime groups is 1. The molecule has 7 nitrogen and oxygen atoms in total. The van der Waals surface area contributed by atoms with E-state index in [0.29, 0.717) is 4.88 Å². The summed E-state index contributed by atoms with van der Waals surface area (Å²) in [7, 11) is -2.50. The summed E-state index contributed by atoms with van der Waals surface area (Å²) >= 11 is 8.78. The number of sulfonamides is 1. The number of benzene rings is 1. The number of rotatable bonds is 6. The number of thiophene rings is 1. The van der Waals surface area contributed by atoms with Gasteiger partial charge in [-0.15, -0.1) is 27.9 Å². The standard InChI is InChI=1S/C17H18ClN3O4S3/c1-25-20-12-8-5-6-10-14(12)17(26-2)27-15(10)16(22)19-21-28(23,24)13-9-4-3-7-11(13)18/h3-4,7,9,21H,5-6,8H2,1-2H3,(H,19,22). The summed E-state index contributed by atoms with van der Waals surface area (Å²) in [6.07, 6.45) is 4.25. The zero-order valence-corrected chi connectivity index (χ0v) is 18.3. The lowest BCUT2D eigenvalue weighted by molar-refractivity contribution is 0.0948. The largest absolute Gasteiger partial charge is 0.399 e. The van der Waals surface area contributed by atoms with Crippen LogP contribution in [0.3, 0.4) is 0 Å². The van der Waals surface area contributed by atoms with Crippen molar-refractivity contribution < 1.29 is 18.0 Å². The number of hydrazine groups is 1. The lowest BCUT2D eigenvalue weighted by Crippen LogP contribution is -2.41. The average Bonchev–Trinajstić information content (AvgIpc) is 3.06. The molecule has 0 saturated carbocycles. The van der Waals surface area contributed by atoms with E-state index in [1.54, 1.807) is 12.1 Å². The monoisotopic (exact) mass is 459 g/mol. The molecule has 2 N–H and O–H groups in total. The van der Waals surface area contributed by atoms with Crippen LogP contribution in [0.25, 0.3) is 0 Å². The quantitative estimate of drug-likeness (QED) is 0.509. The third kappa shape index (κ3) is 4.20. The summed E-state index contributed by atoms with van der Waals surface area (Å²) < 4.78 is 25.8. The fourth-order valence-electron chi connectivity index (χ4n) is 2.95. The molecule has 0 unspecified atom stereocenters. The van der Waals surface area contributed by atoms with E-state index in [2.05, 4.69) is 15.4 Å². The predicted octanol–water partition coefficient (Wildman–Crippen LogP) is 3.43. The maximum Gasteiger partial charge on any atom is 0.276 e. The van der Waals surface area contributed by atoms with Gasteiger partial charge >= 0.3 is 0 Å². The molecular weight excluding hydrogens is 442 g/mol. The van der Waals surface area contributed by atoms with Crippen molar-refractivity contribution in [2.45, 2.75) is 28.4 Å². The Kier molecular flexibility index (Phi) is 6.66. The second-order valence-corrected chi connectivity index (χ2v) is 9.99. The molecule has 28 heavy (non-hydrogen) atoms. The van der Waals surface area contributed by atoms with Crippen LogP contribution in [-0.2, 0) is 21.3 Å². The maximum atomic E-state index is 12.7. The molecule has 1 aromatic carbocycles. The van der Waals surface area contributed by atoms with Crippen molar-refractivity contribution in [1.29, 1.82) is 0 Å². The second-order valence-electron chi connectivity index (χ2n) is 5.84. The number of halogens is 1. The summed E-state index contributed by atoms with van der Waals surface area (Å²) in [5.41, 5.74) is 4.89. The van der Waals surface area contributed by atoms with Crippen molar-refractivity contribution in [2.24, 2.45) is 5.16 Å². The van der Waals surface area contributed by atoms with Crippen LogP contribution in [0.5, 0.6) is 0 Å². The van der Waals surface area contributed by atoms with E-state index < -0.39 is 15.9 Å². The number of hydrogen-bond acceptors (Lipinski definition) is 7. The molecule has 0 bridgehead atoms. The van der Waals surface area contributed by atoms with Crippen molar-refractivity contribution in [2.75, 3.05) is 13.4 Å². The molecule has 0 spiro atoms. The van der Waals surface area contributed by atoms with E-state index in [1.807, 2.05) is 6.26 Å². The van der Waals surface area contributed by atoms with Crippen LogP contribution < -0.4 is 10.3 Å². The minimum absolute atomic E-state index is 0.0721. The van der Waals surface area contributed by atoms with Crippen LogP contribution in [0.1, 0.15) is 33.6 Å². The smallest absolute Gasteiger partial charge is 0.276 e. The average molecular weight is 460 g/mol. The van der Waals surface area contributed by atoms with Gasteiger partial charge in [-0.1, -0.05) is 28.9 Å². The van der Waals surface area contributed by atoms with E-state index in [1.165, 1.54) is 42.3 Å². The number of fused-ring (bicyclic) bond motifs is 1. The Hall–Kier alpha value is -1.59. The molecule has 3 rings (SSSR count). The van der Waals surface area contributed by atoms with Crippen LogP contribution in [-0.4, -0.2) is 33.4 Å². The molecule has 0 atom stereocenters. The van der Waals surface area contributed by atoms with Crippen molar-refractivity contribution in [3.8, 4) is 0 Å². The number of nitrogens with zero attached hydrogens (tertiary/aromatic N) is 1. The maximum absolute atomic E-state index is 12.7. The zero-order valence-electron chi connectivity index (χ0n) is 15.1. The first-order valence-electron chi connectivity index (χ1n) is 8.25. The molecule has 11 heteroatoms. The normalized spacial score (nSPS) is 15.3. The van der Waals surface area contributed by atoms with Gasteiger partial charge in [0.1, 0.15) is 12.0 Å². The number of amides is 1. The Morgan fingerprint density at radius 2 is 2.07 bits per heavy atom. The summed E-state index contributed by atoms with van der Waals surface area (Å²) in [5.74, 6) is -0.518. The molecule has 0 aliphatic heterocycles. The van der Waals surface area contributed by atoms with Gasteiger partial charge in [0.2, 0.25) is 0 Å². The molecule has 1 amide bonds. The first-order valence-corrected chi connectivity index (χ1v) is 12.2. The summed E-state index contributed by atoms with van der Waals surface area (Å²) in [6.45, 7) is 0. The highest BCUT2D eigenvalue weighted by Gasteiger charge is 2.29. The Morgan fingerprint density at radius 1 is 1.32 bits per heavy atom. The number of nitrogens with one attached hydrogen (secondary N) is 2. The third-order valence-electron chi connectivity index (χ3n) is 4.12. The lowest BCUT2D eigenvalue weighted by atomic mass is 9.92. The first-order chi connectivity index (χ1) is 13.4. The van der Waals surface area contributed by atoms with Gasteiger partial charge in [-0.05, 0) is 43.2 Å². The minimum Gasteiger partial charge on any atom is -0.399 e. The van der Waals surface area contributed by atoms with Crippen molar-refractivity contribution in [1.82, 2.24) is 10.3 Å². The Balaban J connectivity index is 1.86. The summed E-state index contributed by atoms with van der Waals surface area (Å²) in [6, 6.07) is 6.01.